The molecule has 6 heteroatoms. The van der Waals surface area contributed by atoms with E-state index >= 15 is 0 Å². The molecule has 1 aliphatic heterocycles. The number of rotatable bonds is 6. The van der Waals surface area contributed by atoms with Crippen LogP contribution in [0.15, 0.2) is 96.7 Å². The lowest BCUT2D eigenvalue weighted by Gasteiger charge is -2.31. The Morgan fingerprint density at radius 3 is 2.29 bits per heavy atom. The summed E-state index contributed by atoms with van der Waals surface area (Å²) in [5.74, 6) is 1.56. The SMILES string of the molecule is CC1=CC(c2ccccc2OCc2ccccc2)n2nnnc2N1Cc1ccccc1. The molecule has 4 aromatic rings. The first-order valence-electron chi connectivity index (χ1n) is 10.3. The summed E-state index contributed by atoms with van der Waals surface area (Å²) in [6.45, 7) is 3.32. The standard InChI is InChI=1S/C25H23N5O/c1-19-16-23(22-14-8-9-15-24(22)31-18-21-12-6-3-7-13-21)30-25(26-27-28-30)29(19)17-20-10-4-2-5-11-20/h2-16,23H,17-18H2,1H3. The number of hydrogen-bond acceptors (Lipinski definition) is 5. The Labute approximate surface area is 181 Å². The number of ether oxygens (including phenoxy) is 1. The normalized spacial score (nSPS) is 15.3. The average Bonchev–Trinajstić information content (AvgIpc) is 3.31. The Bertz CT molecular complexity index is 1190. The van der Waals surface area contributed by atoms with E-state index in [9.17, 15) is 0 Å². The minimum Gasteiger partial charge on any atom is -0.489 e. The maximum absolute atomic E-state index is 6.20. The van der Waals surface area contributed by atoms with Gasteiger partial charge in [0.25, 0.3) is 5.95 Å². The zero-order valence-corrected chi connectivity index (χ0v) is 17.3. The van der Waals surface area contributed by atoms with Gasteiger partial charge in [-0.15, -0.1) is 0 Å². The van der Waals surface area contributed by atoms with Gasteiger partial charge < -0.3 is 9.64 Å². The fourth-order valence-corrected chi connectivity index (χ4v) is 3.87. The molecule has 1 aliphatic rings. The smallest absolute Gasteiger partial charge is 0.250 e. The third-order valence-corrected chi connectivity index (χ3v) is 5.46. The van der Waals surface area contributed by atoms with Gasteiger partial charge in [-0.1, -0.05) is 84.0 Å². The van der Waals surface area contributed by atoms with Crippen molar-refractivity contribution in [3.05, 3.63) is 113 Å². The zero-order valence-electron chi connectivity index (χ0n) is 17.3. The summed E-state index contributed by atoms with van der Waals surface area (Å²) in [6.07, 6.45) is 2.19. The van der Waals surface area contributed by atoms with Crippen LogP contribution in [0.3, 0.4) is 0 Å². The van der Waals surface area contributed by atoms with E-state index in [-0.39, 0.29) is 6.04 Å². The largest absolute Gasteiger partial charge is 0.489 e. The summed E-state index contributed by atoms with van der Waals surface area (Å²) in [4.78, 5) is 2.14. The summed E-state index contributed by atoms with van der Waals surface area (Å²) in [5, 5.41) is 12.6. The number of allylic oxidation sites excluding steroid dienone is 2. The first-order chi connectivity index (χ1) is 15.3. The lowest BCUT2D eigenvalue weighted by atomic mass is 10.0. The zero-order chi connectivity index (χ0) is 21.0. The van der Waals surface area contributed by atoms with Crippen LogP contribution < -0.4 is 9.64 Å². The van der Waals surface area contributed by atoms with Crippen LogP contribution >= 0.6 is 0 Å². The van der Waals surface area contributed by atoms with Crippen LogP contribution in [0.5, 0.6) is 5.75 Å². The second-order valence-electron chi connectivity index (χ2n) is 7.56. The number of nitrogens with zero attached hydrogens (tertiary/aromatic N) is 5. The third-order valence-electron chi connectivity index (χ3n) is 5.46. The molecule has 154 valence electrons. The Kier molecular flexibility index (Phi) is 5.19. The molecule has 0 saturated carbocycles. The van der Waals surface area contributed by atoms with Crippen molar-refractivity contribution in [1.29, 1.82) is 0 Å². The Balaban J connectivity index is 1.45. The number of benzene rings is 3. The Morgan fingerprint density at radius 2 is 1.52 bits per heavy atom. The quantitative estimate of drug-likeness (QED) is 0.459. The van der Waals surface area contributed by atoms with E-state index in [0.717, 1.165) is 28.5 Å². The highest BCUT2D eigenvalue weighted by Crippen LogP contribution is 2.36. The van der Waals surface area contributed by atoms with Crippen LogP contribution in [-0.2, 0) is 13.2 Å². The molecule has 0 amide bonds. The predicted octanol–water partition coefficient (Wildman–Crippen LogP) is 4.77. The molecule has 0 N–H and O–H groups in total. The fourth-order valence-electron chi connectivity index (χ4n) is 3.87. The monoisotopic (exact) mass is 409 g/mol. The molecule has 1 atom stereocenters. The summed E-state index contributed by atoms with van der Waals surface area (Å²) in [6, 6.07) is 28.5. The van der Waals surface area contributed by atoms with Crippen LogP contribution in [-0.4, -0.2) is 20.2 Å². The molecular formula is C25H23N5O. The molecule has 0 bridgehead atoms. The van der Waals surface area contributed by atoms with Crippen molar-refractivity contribution in [3.63, 3.8) is 0 Å². The van der Waals surface area contributed by atoms with Crippen molar-refractivity contribution in [3.8, 4) is 5.75 Å². The van der Waals surface area contributed by atoms with Gasteiger partial charge >= 0.3 is 0 Å². The molecular weight excluding hydrogens is 386 g/mol. The van der Waals surface area contributed by atoms with Crippen LogP contribution in [0.2, 0.25) is 0 Å². The number of aromatic nitrogens is 4. The van der Waals surface area contributed by atoms with E-state index in [1.807, 2.05) is 59.3 Å². The minimum atomic E-state index is -0.135. The van der Waals surface area contributed by atoms with Gasteiger partial charge in [0.15, 0.2) is 0 Å². The second-order valence-corrected chi connectivity index (χ2v) is 7.56. The molecule has 2 heterocycles. The van der Waals surface area contributed by atoms with Gasteiger partial charge in [-0.3, -0.25) is 0 Å². The predicted molar refractivity (Wildman–Crippen MR) is 120 cm³/mol. The lowest BCUT2D eigenvalue weighted by molar-refractivity contribution is 0.300. The maximum atomic E-state index is 6.20. The van der Waals surface area contributed by atoms with Crippen LogP contribution in [0.4, 0.5) is 5.95 Å². The third kappa shape index (κ3) is 3.92. The van der Waals surface area contributed by atoms with Crippen molar-refractivity contribution in [2.24, 2.45) is 0 Å². The van der Waals surface area contributed by atoms with Crippen molar-refractivity contribution >= 4 is 5.95 Å². The van der Waals surface area contributed by atoms with Gasteiger partial charge in [0.1, 0.15) is 18.4 Å². The minimum absolute atomic E-state index is 0.135. The molecule has 3 aromatic carbocycles. The summed E-state index contributed by atoms with van der Waals surface area (Å²) in [5.41, 5.74) is 4.47. The number of anilines is 1. The van der Waals surface area contributed by atoms with E-state index in [1.165, 1.54) is 5.56 Å². The maximum Gasteiger partial charge on any atom is 0.250 e. The molecule has 1 unspecified atom stereocenters. The van der Waals surface area contributed by atoms with Crippen LogP contribution in [0, 0.1) is 0 Å². The summed E-state index contributed by atoms with van der Waals surface area (Å²) < 4.78 is 8.06. The number of hydrogen-bond donors (Lipinski definition) is 0. The number of para-hydroxylation sites is 1. The highest BCUT2D eigenvalue weighted by Gasteiger charge is 2.29. The average molecular weight is 409 g/mol. The highest BCUT2D eigenvalue weighted by molar-refractivity contribution is 5.49. The summed E-state index contributed by atoms with van der Waals surface area (Å²) in [7, 11) is 0. The van der Waals surface area contributed by atoms with Gasteiger partial charge in [-0.05, 0) is 40.6 Å². The Morgan fingerprint density at radius 1 is 0.839 bits per heavy atom. The van der Waals surface area contributed by atoms with E-state index in [1.54, 1.807) is 0 Å². The van der Waals surface area contributed by atoms with E-state index in [0.29, 0.717) is 13.2 Å². The van der Waals surface area contributed by atoms with E-state index in [4.69, 9.17) is 4.74 Å². The summed E-state index contributed by atoms with van der Waals surface area (Å²) >= 11 is 0. The molecule has 0 spiro atoms. The topological polar surface area (TPSA) is 56.1 Å². The van der Waals surface area contributed by atoms with E-state index < -0.39 is 0 Å². The fraction of sp³-hybridized carbons (Fsp3) is 0.160. The van der Waals surface area contributed by atoms with E-state index in [2.05, 4.69) is 63.8 Å². The molecule has 6 nitrogen and oxygen atoms in total. The van der Waals surface area contributed by atoms with Crippen LogP contribution in [0.25, 0.3) is 0 Å². The molecule has 0 aliphatic carbocycles. The van der Waals surface area contributed by atoms with Crippen molar-refractivity contribution in [2.45, 2.75) is 26.1 Å². The van der Waals surface area contributed by atoms with Crippen molar-refractivity contribution in [1.82, 2.24) is 20.2 Å². The van der Waals surface area contributed by atoms with Gasteiger partial charge in [-0.25, -0.2) is 0 Å². The molecule has 31 heavy (non-hydrogen) atoms. The molecule has 5 rings (SSSR count). The number of fused-ring (bicyclic) bond motifs is 1. The molecule has 0 fully saturated rings. The van der Waals surface area contributed by atoms with Crippen molar-refractivity contribution < 1.29 is 4.74 Å². The van der Waals surface area contributed by atoms with Crippen LogP contribution in [0.1, 0.15) is 29.7 Å². The van der Waals surface area contributed by atoms with Gasteiger partial charge in [-0.2, -0.15) is 4.68 Å². The number of tetrazole rings is 1. The first-order valence-corrected chi connectivity index (χ1v) is 10.3. The first kappa shape index (κ1) is 19.1. The van der Waals surface area contributed by atoms with Gasteiger partial charge in [0.2, 0.25) is 0 Å². The highest BCUT2D eigenvalue weighted by atomic mass is 16.5. The molecule has 0 radical (unpaired) electrons. The second kappa shape index (κ2) is 8.44. The van der Waals surface area contributed by atoms with Gasteiger partial charge in [0.05, 0.1) is 6.54 Å². The molecule has 0 saturated heterocycles. The molecule has 1 aromatic heterocycles. The van der Waals surface area contributed by atoms with Gasteiger partial charge in [0, 0.05) is 11.3 Å². The lowest BCUT2D eigenvalue weighted by Crippen LogP contribution is -2.30. The van der Waals surface area contributed by atoms with Crippen molar-refractivity contribution in [2.75, 3.05) is 4.90 Å². The Hall–Kier alpha value is -3.93.